The van der Waals surface area contributed by atoms with Crippen molar-refractivity contribution in [1.82, 2.24) is 5.32 Å². The van der Waals surface area contributed by atoms with Gasteiger partial charge in [0.2, 0.25) is 0 Å². The lowest BCUT2D eigenvalue weighted by Crippen LogP contribution is -2.23. The van der Waals surface area contributed by atoms with Gasteiger partial charge < -0.3 is 14.8 Å². The first-order valence-corrected chi connectivity index (χ1v) is 7.00. The van der Waals surface area contributed by atoms with E-state index >= 15 is 0 Å². The predicted octanol–water partition coefficient (Wildman–Crippen LogP) is 3.41. The summed E-state index contributed by atoms with van der Waals surface area (Å²) in [6, 6.07) is 7.82. The Morgan fingerprint density at radius 2 is 1.95 bits per heavy atom. The Morgan fingerprint density at radius 3 is 2.60 bits per heavy atom. The number of nitrogens with one attached hydrogen (secondary N) is 1. The molecule has 0 amide bonds. The van der Waals surface area contributed by atoms with Crippen LogP contribution in [0.3, 0.4) is 0 Å². The van der Waals surface area contributed by atoms with E-state index in [0.717, 1.165) is 17.9 Å². The molecule has 0 fully saturated rings. The standard InChI is InChI=1S/C15H23F2NO2/c1-3-18-13(9-10-19-11-15(16)17)12-7-5-6-8-14(12)20-4-2/h5-8,13,15,18H,3-4,9-11H2,1-2H3. The summed E-state index contributed by atoms with van der Waals surface area (Å²) in [6.07, 6.45) is -1.78. The smallest absolute Gasteiger partial charge is 0.261 e. The summed E-state index contributed by atoms with van der Waals surface area (Å²) in [7, 11) is 0. The predicted molar refractivity (Wildman–Crippen MR) is 75.5 cm³/mol. The first kappa shape index (κ1) is 16.9. The van der Waals surface area contributed by atoms with Gasteiger partial charge in [-0.2, -0.15) is 0 Å². The van der Waals surface area contributed by atoms with E-state index in [1.165, 1.54) is 0 Å². The highest BCUT2D eigenvalue weighted by atomic mass is 19.3. The van der Waals surface area contributed by atoms with Crippen molar-refractivity contribution in [1.29, 1.82) is 0 Å². The van der Waals surface area contributed by atoms with Crippen molar-refractivity contribution in [3.63, 3.8) is 0 Å². The second-order valence-corrected chi connectivity index (χ2v) is 4.34. The largest absolute Gasteiger partial charge is 0.494 e. The lowest BCUT2D eigenvalue weighted by molar-refractivity contribution is 0.0143. The van der Waals surface area contributed by atoms with Gasteiger partial charge in [0.25, 0.3) is 6.43 Å². The zero-order valence-electron chi connectivity index (χ0n) is 12.1. The topological polar surface area (TPSA) is 30.5 Å². The number of para-hydroxylation sites is 1. The van der Waals surface area contributed by atoms with Gasteiger partial charge in [-0.25, -0.2) is 8.78 Å². The molecule has 0 radical (unpaired) electrons. The molecule has 0 spiro atoms. The number of hydrogen-bond acceptors (Lipinski definition) is 3. The maximum Gasteiger partial charge on any atom is 0.261 e. The second kappa shape index (κ2) is 9.66. The van der Waals surface area contributed by atoms with Crippen LogP contribution in [0.4, 0.5) is 8.78 Å². The Balaban J connectivity index is 2.64. The normalized spacial score (nSPS) is 12.7. The van der Waals surface area contributed by atoms with Gasteiger partial charge in [0.05, 0.1) is 6.61 Å². The van der Waals surface area contributed by atoms with Crippen LogP contribution < -0.4 is 10.1 Å². The minimum atomic E-state index is -2.41. The molecular weight excluding hydrogens is 264 g/mol. The summed E-state index contributed by atoms with van der Waals surface area (Å²) in [5.74, 6) is 0.829. The highest BCUT2D eigenvalue weighted by Gasteiger charge is 2.15. The van der Waals surface area contributed by atoms with Crippen molar-refractivity contribution in [2.24, 2.45) is 0 Å². The maximum atomic E-state index is 12.0. The number of ether oxygens (including phenoxy) is 2. The van der Waals surface area contributed by atoms with Crippen molar-refractivity contribution in [2.75, 3.05) is 26.4 Å². The van der Waals surface area contributed by atoms with Crippen molar-refractivity contribution in [2.45, 2.75) is 32.7 Å². The number of alkyl halides is 2. The molecule has 0 aromatic heterocycles. The molecular formula is C15H23F2NO2. The fourth-order valence-corrected chi connectivity index (χ4v) is 2.04. The van der Waals surface area contributed by atoms with Crippen LogP contribution in [0.1, 0.15) is 31.9 Å². The molecule has 1 rings (SSSR count). The van der Waals surface area contributed by atoms with E-state index in [2.05, 4.69) is 5.32 Å². The molecule has 5 heteroatoms. The number of halogens is 2. The molecule has 3 nitrogen and oxygen atoms in total. The van der Waals surface area contributed by atoms with Crippen LogP contribution in [-0.4, -0.2) is 32.8 Å². The van der Waals surface area contributed by atoms with Crippen LogP contribution in [0.25, 0.3) is 0 Å². The summed E-state index contributed by atoms with van der Waals surface area (Å²) in [5, 5.41) is 3.34. The molecule has 0 saturated carbocycles. The number of rotatable bonds is 10. The molecule has 1 unspecified atom stereocenters. The molecule has 0 aliphatic carbocycles. The summed E-state index contributed by atoms with van der Waals surface area (Å²) in [4.78, 5) is 0. The Morgan fingerprint density at radius 1 is 1.20 bits per heavy atom. The average molecular weight is 287 g/mol. The van der Waals surface area contributed by atoms with E-state index in [9.17, 15) is 8.78 Å². The highest BCUT2D eigenvalue weighted by Crippen LogP contribution is 2.27. The van der Waals surface area contributed by atoms with Gasteiger partial charge in [0.1, 0.15) is 12.4 Å². The molecule has 1 aromatic rings. The lowest BCUT2D eigenvalue weighted by atomic mass is 10.0. The molecule has 20 heavy (non-hydrogen) atoms. The van der Waals surface area contributed by atoms with Gasteiger partial charge in [-0.15, -0.1) is 0 Å². The Bertz CT molecular complexity index is 375. The van der Waals surface area contributed by atoms with Crippen LogP contribution in [0, 0.1) is 0 Å². The Kier molecular flexibility index (Phi) is 8.14. The van der Waals surface area contributed by atoms with E-state index in [4.69, 9.17) is 9.47 Å². The summed E-state index contributed by atoms with van der Waals surface area (Å²) >= 11 is 0. The molecule has 0 saturated heterocycles. The van der Waals surface area contributed by atoms with Gasteiger partial charge in [-0.1, -0.05) is 25.1 Å². The first-order valence-electron chi connectivity index (χ1n) is 7.00. The highest BCUT2D eigenvalue weighted by molar-refractivity contribution is 5.36. The third kappa shape index (κ3) is 5.84. The zero-order chi connectivity index (χ0) is 14.8. The van der Waals surface area contributed by atoms with E-state index in [1.807, 2.05) is 38.1 Å². The quantitative estimate of drug-likeness (QED) is 0.669. The van der Waals surface area contributed by atoms with Gasteiger partial charge in [-0.05, 0) is 26.0 Å². The van der Waals surface area contributed by atoms with Crippen LogP contribution in [0.15, 0.2) is 24.3 Å². The van der Waals surface area contributed by atoms with Crippen LogP contribution in [0.2, 0.25) is 0 Å². The van der Waals surface area contributed by atoms with Gasteiger partial charge >= 0.3 is 0 Å². The van der Waals surface area contributed by atoms with Crippen molar-refractivity contribution >= 4 is 0 Å². The minimum Gasteiger partial charge on any atom is -0.494 e. The van der Waals surface area contributed by atoms with Crippen LogP contribution in [-0.2, 0) is 4.74 Å². The Hall–Kier alpha value is -1.20. The molecule has 0 bridgehead atoms. The molecule has 1 aromatic carbocycles. The number of hydrogen-bond donors (Lipinski definition) is 1. The first-order chi connectivity index (χ1) is 9.69. The van der Waals surface area contributed by atoms with Crippen LogP contribution >= 0.6 is 0 Å². The van der Waals surface area contributed by atoms with Crippen molar-refractivity contribution in [3.8, 4) is 5.75 Å². The molecule has 114 valence electrons. The molecule has 1 N–H and O–H groups in total. The maximum absolute atomic E-state index is 12.0. The lowest BCUT2D eigenvalue weighted by Gasteiger charge is -2.21. The fraction of sp³-hybridized carbons (Fsp3) is 0.600. The monoisotopic (exact) mass is 287 g/mol. The molecule has 0 aliphatic heterocycles. The number of benzene rings is 1. The molecule has 0 aliphatic rings. The van der Waals surface area contributed by atoms with E-state index in [0.29, 0.717) is 19.6 Å². The van der Waals surface area contributed by atoms with Gasteiger partial charge in [-0.3, -0.25) is 0 Å². The average Bonchev–Trinajstić information content (AvgIpc) is 2.43. The van der Waals surface area contributed by atoms with Crippen molar-refractivity contribution in [3.05, 3.63) is 29.8 Å². The van der Waals surface area contributed by atoms with E-state index < -0.39 is 13.0 Å². The third-order valence-corrected chi connectivity index (χ3v) is 2.84. The van der Waals surface area contributed by atoms with Gasteiger partial charge in [0, 0.05) is 18.2 Å². The minimum absolute atomic E-state index is 0.0421. The third-order valence-electron chi connectivity index (χ3n) is 2.84. The fourth-order valence-electron chi connectivity index (χ4n) is 2.04. The summed E-state index contributed by atoms with van der Waals surface area (Å²) in [5.41, 5.74) is 1.04. The molecule has 0 heterocycles. The SMILES string of the molecule is CCNC(CCOCC(F)F)c1ccccc1OCC. The summed E-state index contributed by atoms with van der Waals surface area (Å²) < 4.78 is 34.6. The van der Waals surface area contributed by atoms with Crippen molar-refractivity contribution < 1.29 is 18.3 Å². The Labute approximate surface area is 119 Å². The van der Waals surface area contributed by atoms with Crippen LogP contribution in [0.5, 0.6) is 5.75 Å². The van der Waals surface area contributed by atoms with E-state index in [-0.39, 0.29) is 6.04 Å². The second-order valence-electron chi connectivity index (χ2n) is 4.34. The molecule has 1 atom stereocenters. The summed E-state index contributed by atoms with van der Waals surface area (Å²) in [6.45, 7) is 5.12. The zero-order valence-corrected chi connectivity index (χ0v) is 12.1. The van der Waals surface area contributed by atoms with E-state index in [1.54, 1.807) is 0 Å². The van der Waals surface area contributed by atoms with Gasteiger partial charge in [0.15, 0.2) is 0 Å².